The first kappa shape index (κ1) is 23.1. The van der Waals surface area contributed by atoms with Crippen molar-refractivity contribution >= 4 is 33.9 Å². The van der Waals surface area contributed by atoms with Crippen LogP contribution in [0.2, 0.25) is 0 Å². The van der Waals surface area contributed by atoms with Gasteiger partial charge in [0.15, 0.2) is 0 Å². The number of ether oxygens (including phenoxy) is 2. The summed E-state index contributed by atoms with van der Waals surface area (Å²) in [6.45, 7) is 5.24. The molecule has 0 aliphatic heterocycles. The zero-order chi connectivity index (χ0) is 22.1. The van der Waals surface area contributed by atoms with Gasteiger partial charge >= 0.3 is 11.9 Å². The number of carbonyl (C=O) groups excluding carboxylic acids is 2. The van der Waals surface area contributed by atoms with Gasteiger partial charge < -0.3 is 9.47 Å². The summed E-state index contributed by atoms with van der Waals surface area (Å²) >= 11 is 0. The molecule has 1 N–H and O–H groups in total. The molecule has 8 nitrogen and oxygen atoms in total. The van der Waals surface area contributed by atoms with Gasteiger partial charge in [0.2, 0.25) is 6.04 Å². The second kappa shape index (κ2) is 10.5. The maximum Gasteiger partial charge on any atom is 0.342 e. The molecule has 160 valence electrons. The first-order valence-corrected chi connectivity index (χ1v) is 10.8. The van der Waals surface area contributed by atoms with Gasteiger partial charge in [0.1, 0.15) is 0 Å². The van der Waals surface area contributed by atoms with E-state index in [4.69, 9.17) is 9.47 Å². The van der Waals surface area contributed by atoms with Crippen LogP contribution in [0.1, 0.15) is 25.0 Å². The van der Waals surface area contributed by atoms with Crippen LogP contribution in [0.3, 0.4) is 0 Å². The van der Waals surface area contributed by atoms with Crippen LogP contribution < -0.4 is 4.72 Å². The number of para-hydroxylation sites is 1. The lowest BCUT2D eigenvalue weighted by molar-refractivity contribution is -0.156. The Morgan fingerprint density at radius 2 is 1.57 bits per heavy atom. The Bertz CT molecular complexity index is 998. The van der Waals surface area contributed by atoms with E-state index in [1.807, 2.05) is 6.92 Å². The van der Waals surface area contributed by atoms with Crippen LogP contribution in [0.5, 0.6) is 0 Å². The van der Waals surface area contributed by atoms with Crippen molar-refractivity contribution in [2.45, 2.75) is 31.7 Å². The molecule has 2 aromatic rings. The fourth-order valence-electron chi connectivity index (χ4n) is 2.44. The van der Waals surface area contributed by atoms with Crippen molar-refractivity contribution in [3.63, 3.8) is 0 Å². The van der Waals surface area contributed by atoms with E-state index < -0.39 is 28.0 Å². The van der Waals surface area contributed by atoms with Crippen molar-refractivity contribution in [3.05, 3.63) is 59.7 Å². The molecule has 0 spiro atoms. The number of hydrogen-bond donors (Lipinski definition) is 1. The quantitative estimate of drug-likeness (QED) is 0.370. The van der Waals surface area contributed by atoms with Crippen molar-refractivity contribution in [3.8, 4) is 0 Å². The third kappa shape index (κ3) is 6.15. The number of aryl methyl sites for hydroxylation is 1. The SMILES string of the molecule is CCOC(=O)C(N=Cc1ccccc1NS(=O)(=O)c1ccc(C)cc1)C(=O)OCC. The van der Waals surface area contributed by atoms with Crippen LogP contribution >= 0.6 is 0 Å². The number of hydrogen-bond acceptors (Lipinski definition) is 7. The van der Waals surface area contributed by atoms with Gasteiger partial charge in [-0.05, 0) is 39.0 Å². The van der Waals surface area contributed by atoms with Crippen LogP contribution in [0.15, 0.2) is 58.4 Å². The van der Waals surface area contributed by atoms with Crippen LogP contribution in [0.4, 0.5) is 5.69 Å². The molecule has 0 amide bonds. The number of anilines is 1. The minimum Gasteiger partial charge on any atom is -0.464 e. The average Bonchev–Trinajstić information content (AvgIpc) is 2.70. The molecule has 0 heterocycles. The maximum atomic E-state index is 12.7. The Morgan fingerprint density at radius 1 is 1.00 bits per heavy atom. The summed E-state index contributed by atoms with van der Waals surface area (Å²) in [5.41, 5.74) is 1.55. The van der Waals surface area contributed by atoms with E-state index in [1.165, 1.54) is 18.3 Å². The summed E-state index contributed by atoms with van der Waals surface area (Å²) in [7, 11) is -3.84. The van der Waals surface area contributed by atoms with E-state index in [2.05, 4.69) is 9.71 Å². The van der Waals surface area contributed by atoms with E-state index in [-0.39, 0.29) is 23.8 Å². The highest BCUT2D eigenvalue weighted by molar-refractivity contribution is 7.92. The molecule has 0 saturated carbocycles. The van der Waals surface area contributed by atoms with Gasteiger partial charge in [0.25, 0.3) is 10.0 Å². The first-order valence-electron chi connectivity index (χ1n) is 9.33. The van der Waals surface area contributed by atoms with Crippen molar-refractivity contribution in [1.82, 2.24) is 0 Å². The Labute approximate surface area is 176 Å². The molecular weight excluding hydrogens is 408 g/mol. The van der Waals surface area contributed by atoms with Crippen LogP contribution in [-0.2, 0) is 29.1 Å². The van der Waals surface area contributed by atoms with Gasteiger partial charge in [-0.1, -0.05) is 35.9 Å². The Balaban J connectivity index is 2.31. The van der Waals surface area contributed by atoms with Crippen molar-refractivity contribution in [2.75, 3.05) is 17.9 Å². The van der Waals surface area contributed by atoms with Gasteiger partial charge in [0.05, 0.1) is 23.8 Å². The number of aliphatic imine (C=N–C) groups is 1. The highest BCUT2D eigenvalue weighted by atomic mass is 32.2. The number of rotatable bonds is 9. The van der Waals surface area contributed by atoms with Crippen LogP contribution in [0, 0.1) is 6.92 Å². The Hall–Kier alpha value is -3.20. The van der Waals surface area contributed by atoms with Gasteiger partial charge in [-0.3, -0.25) is 9.71 Å². The molecule has 2 rings (SSSR count). The predicted octanol–water partition coefficient (Wildman–Crippen LogP) is 2.71. The third-order valence-electron chi connectivity index (χ3n) is 3.92. The molecule has 2 aromatic carbocycles. The van der Waals surface area contributed by atoms with E-state index in [0.717, 1.165) is 5.56 Å². The zero-order valence-corrected chi connectivity index (χ0v) is 17.8. The molecule has 0 radical (unpaired) electrons. The minimum atomic E-state index is -3.84. The molecule has 30 heavy (non-hydrogen) atoms. The lowest BCUT2D eigenvalue weighted by Crippen LogP contribution is -2.32. The van der Waals surface area contributed by atoms with E-state index in [1.54, 1.807) is 50.2 Å². The van der Waals surface area contributed by atoms with Gasteiger partial charge in [-0.15, -0.1) is 0 Å². The number of sulfonamides is 1. The molecule has 0 fully saturated rings. The normalized spacial score (nSPS) is 11.5. The molecular formula is C21H24N2O6S. The molecule has 0 bridgehead atoms. The fraction of sp³-hybridized carbons (Fsp3) is 0.286. The van der Waals surface area contributed by atoms with Crippen LogP contribution in [0.25, 0.3) is 0 Å². The highest BCUT2D eigenvalue weighted by Gasteiger charge is 2.28. The summed E-state index contributed by atoms with van der Waals surface area (Å²) in [4.78, 5) is 28.2. The summed E-state index contributed by atoms with van der Waals surface area (Å²) in [5.74, 6) is -1.69. The number of benzene rings is 2. The fourth-order valence-corrected chi connectivity index (χ4v) is 3.53. The number of nitrogens with zero attached hydrogens (tertiary/aromatic N) is 1. The second-order valence-corrected chi connectivity index (χ2v) is 7.87. The lowest BCUT2D eigenvalue weighted by Gasteiger charge is -2.12. The summed E-state index contributed by atoms with van der Waals surface area (Å²) in [6.07, 6.45) is 1.24. The number of nitrogens with one attached hydrogen (secondary N) is 1. The monoisotopic (exact) mass is 432 g/mol. The molecule has 0 unspecified atom stereocenters. The standard InChI is InChI=1S/C21H24N2O6S/c1-4-28-20(24)19(21(25)29-5-2)22-14-16-8-6-7-9-18(16)23-30(26,27)17-12-10-15(3)11-13-17/h6-14,19,23H,4-5H2,1-3H3. The second-order valence-electron chi connectivity index (χ2n) is 6.19. The van der Waals surface area contributed by atoms with Crippen molar-refractivity contribution < 1.29 is 27.5 Å². The lowest BCUT2D eigenvalue weighted by atomic mass is 10.2. The molecule has 0 atom stereocenters. The van der Waals surface area contributed by atoms with Gasteiger partial charge in [-0.2, -0.15) is 0 Å². The van der Waals surface area contributed by atoms with Gasteiger partial charge in [-0.25, -0.2) is 18.0 Å². The Morgan fingerprint density at radius 3 is 2.13 bits per heavy atom. The molecule has 0 aliphatic carbocycles. The maximum absolute atomic E-state index is 12.7. The first-order chi connectivity index (χ1) is 14.3. The third-order valence-corrected chi connectivity index (χ3v) is 5.30. The molecule has 0 aliphatic rings. The predicted molar refractivity (Wildman–Crippen MR) is 113 cm³/mol. The average molecular weight is 432 g/mol. The number of carbonyl (C=O) groups is 2. The number of esters is 2. The van der Waals surface area contributed by atoms with E-state index in [9.17, 15) is 18.0 Å². The summed E-state index contributed by atoms with van der Waals surface area (Å²) < 4.78 is 37.6. The van der Waals surface area contributed by atoms with Gasteiger partial charge in [0, 0.05) is 11.8 Å². The van der Waals surface area contributed by atoms with Crippen molar-refractivity contribution in [1.29, 1.82) is 0 Å². The molecule has 0 saturated heterocycles. The summed E-state index contributed by atoms with van der Waals surface area (Å²) in [5, 5.41) is 0. The molecule has 0 aromatic heterocycles. The smallest absolute Gasteiger partial charge is 0.342 e. The summed E-state index contributed by atoms with van der Waals surface area (Å²) in [6, 6.07) is 11.4. The topological polar surface area (TPSA) is 111 Å². The van der Waals surface area contributed by atoms with Crippen LogP contribution in [-0.4, -0.2) is 45.8 Å². The van der Waals surface area contributed by atoms with E-state index in [0.29, 0.717) is 5.56 Å². The van der Waals surface area contributed by atoms with E-state index >= 15 is 0 Å². The minimum absolute atomic E-state index is 0.0806. The molecule has 9 heteroatoms. The Kier molecular flexibility index (Phi) is 8.11. The largest absolute Gasteiger partial charge is 0.464 e. The zero-order valence-electron chi connectivity index (χ0n) is 17.0. The van der Waals surface area contributed by atoms with Crippen molar-refractivity contribution in [2.24, 2.45) is 4.99 Å². The highest BCUT2D eigenvalue weighted by Crippen LogP contribution is 2.19.